The van der Waals surface area contributed by atoms with Crippen LogP contribution < -0.4 is 15.4 Å². The Bertz CT molecular complexity index is 734. The van der Waals surface area contributed by atoms with Gasteiger partial charge in [-0.1, -0.05) is 24.3 Å². The van der Waals surface area contributed by atoms with Crippen LogP contribution in [0.5, 0.6) is 5.75 Å². The van der Waals surface area contributed by atoms with E-state index in [4.69, 9.17) is 17.0 Å². The van der Waals surface area contributed by atoms with Gasteiger partial charge < -0.3 is 10.1 Å². The van der Waals surface area contributed by atoms with Crippen LogP contribution in [0.4, 0.5) is 5.69 Å². The number of halogens is 1. The van der Waals surface area contributed by atoms with Crippen LogP contribution in [0.3, 0.4) is 0 Å². The van der Waals surface area contributed by atoms with Crippen molar-refractivity contribution in [3.8, 4) is 5.75 Å². The molecule has 4 nitrogen and oxygen atoms in total. The van der Waals surface area contributed by atoms with Gasteiger partial charge in [0.15, 0.2) is 11.7 Å². The first-order chi connectivity index (χ1) is 11.0. The van der Waals surface area contributed by atoms with Gasteiger partial charge >= 0.3 is 0 Å². The maximum Gasteiger partial charge on any atom is 0.264 e. The van der Waals surface area contributed by atoms with E-state index in [2.05, 4.69) is 26.6 Å². The van der Waals surface area contributed by atoms with E-state index < -0.39 is 0 Å². The van der Waals surface area contributed by atoms with Crippen molar-refractivity contribution in [2.45, 2.75) is 13.8 Å². The molecule has 0 aliphatic rings. The van der Waals surface area contributed by atoms with Crippen molar-refractivity contribution in [1.82, 2.24) is 5.32 Å². The number of aryl methyl sites for hydroxylation is 2. The summed E-state index contributed by atoms with van der Waals surface area (Å²) in [6.45, 7) is 3.82. The van der Waals surface area contributed by atoms with Gasteiger partial charge in [0.25, 0.3) is 5.91 Å². The highest BCUT2D eigenvalue weighted by Gasteiger charge is 2.08. The topological polar surface area (TPSA) is 50.4 Å². The standard InChI is InChI=1S/C17H17BrN2O2S/c1-11-7-8-12(2)15(9-11)22-10-16(21)20-17(23)19-14-6-4-3-5-13(14)18/h3-9H,10H2,1-2H3,(H2,19,20,21,23). The quantitative estimate of drug-likeness (QED) is 0.773. The van der Waals surface area contributed by atoms with E-state index >= 15 is 0 Å². The molecule has 2 rings (SSSR count). The number of nitrogens with one attached hydrogen (secondary N) is 2. The molecule has 23 heavy (non-hydrogen) atoms. The number of carbonyl (C=O) groups excluding carboxylic acids is 1. The van der Waals surface area contributed by atoms with Crippen LogP contribution in [0.1, 0.15) is 11.1 Å². The Hall–Kier alpha value is -1.92. The third-order valence-electron chi connectivity index (χ3n) is 3.08. The normalized spacial score (nSPS) is 10.0. The number of carbonyl (C=O) groups is 1. The van der Waals surface area contributed by atoms with Gasteiger partial charge in [0, 0.05) is 4.47 Å². The average Bonchev–Trinajstić information content (AvgIpc) is 2.50. The van der Waals surface area contributed by atoms with Gasteiger partial charge in [-0.05, 0) is 71.3 Å². The van der Waals surface area contributed by atoms with Gasteiger partial charge in [0.2, 0.25) is 0 Å². The molecule has 0 radical (unpaired) electrons. The van der Waals surface area contributed by atoms with Crippen LogP contribution in [-0.2, 0) is 4.79 Å². The first-order valence-corrected chi connectivity index (χ1v) is 8.21. The lowest BCUT2D eigenvalue weighted by molar-refractivity contribution is -0.121. The lowest BCUT2D eigenvalue weighted by Crippen LogP contribution is -2.37. The van der Waals surface area contributed by atoms with Crippen molar-refractivity contribution in [3.63, 3.8) is 0 Å². The molecule has 0 aliphatic heterocycles. The Labute approximate surface area is 149 Å². The highest BCUT2D eigenvalue weighted by molar-refractivity contribution is 9.10. The van der Waals surface area contributed by atoms with Crippen LogP contribution >= 0.6 is 28.1 Å². The van der Waals surface area contributed by atoms with Gasteiger partial charge in [-0.2, -0.15) is 0 Å². The third kappa shape index (κ3) is 5.33. The molecule has 120 valence electrons. The molecule has 0 spiro atoms. The molecule has 0 aromatic heterocycles. The molecule has 6 heteroatoms. The number of para-hydroxylation sites is 1. The Morgan fingerprint density at radius 1 is 1.22 bits per heavy atom. The number of benzene rings is 2. The summed E-state index contributed by atoms with van der Waals surface area (Å²) in [6.07, 6.45) is 0. The predicted octanol–water partition coefficient (Wildman–Crippen LogP) is 3.96. The summed E-state index contributed by atoms with van der Waals surface area (Å²) in [5.41, 5.74) is 2.85. The van der Waals surface area contributed by atoms with Gasteiger partial charge in [-0.3, -0.25) is 10.1 Å². The Balaban J connectivity index is 1.86. The van der Waals surface area contributed by atoms with E-state index in [0.29, 0.717) is 5.75 Å². The molecule has 2 aromatic rings. The molecule has 0 aliphatic carbocycles. The molecule has 1 amide bonds. The number of hydrogen-bond donors (Lipinski definition) is 2. The molecule has 0 atom stereocenters. The highest BCUT2D eigenvalue weighted by Crippen LogP contribution is 2.21. The first-order valence-electron chi connectivity index (χ1n) is 7.01. The number of amides is 1. The fraction of sp³-hybridized carbons (Fsp3) is 0.176. The Kier molecular flexibility index (Phi) is 6.12. The Morgan fingerprint density at radius 3 is 2.70 bits per heavy atom. The number of anilines is 1. The van der Waals surface area contributed by atoms with Gasteiger partial charge in [-0.15, -0.1) is 0 Å². The minimum atomic E-state index is -0.310. The maximum absolute atomic E-state index is 11.9. The third-order valence-corrected chi connectivity index (χ3v) is 3.97. The largest absolute Gasteiger partial charge is 0.483 e. The van der Waals surface area contributed by atoms with Crippen LogP contribution in [-0.4, -0.2) is 17.6 Å². The summed E-state index contributed by atoms with van der Waals surface area (Å²) in [4.78, 5) is 11.9. The van der Waals surface area contributed by atoms with Crippen LogP contribution in [0.25, 0.3) is 0 Å². The summed E-state index contributed by atoms with van der Waals surface area (Å²) in [6, 6.07) is 13.4. The van der Waals surface area contributed by atoms with Crippen molar-refractivity contribution in [3.05, 3.63) is 58.1 Å². The fourth-order valence-electron chi connectivity index (χ4n) is 1.88. The zero-order valence-electron chi connectivity index (χ0n) is 12.9. The molecule has 0 bridgehead atoms. The number of hydrogen-bond acceptors (Lipinski definition) is 3. The van der Waals surface area contributed by atoms with Crippen molar-refractivity contribution >= 4 is 44.9 Å². The zero-order chi connectivity index (χ0) is 16.8. The lowest BCUT2D eigenvalue weighted by Gasteiger charge is -2.12. The Morgan fingerprint density at radius 2 is 1.96 bits per heavy atom. The number of thiocarbonyl (C=S) groups is 1. The van der Waals surface area contributed by atoms with E-state index in [0.717, 1.165) is 21.3 Å². The van der Waals surface area contributed by atoms with Crippen molar-refractivity contribution in [1.29, 1.82) is 0 Å². The van der Waals surface area contributed by atoms with Gasteiger partial charge in [0.1, 0.15) is 5.75 Å². The highest BCUT2D eigenvalue weighted by atomic mass is 79.9. The lowest BCUT2D eigenvalue weighted by atomic mass is 10.1. The molecule has 2 N–H and O–H groups in total. The number of rotatable bonds is 4. The molecular formula is C17H17BrN2O2S. The second-order valence-corrected chi connectivity index (χ2v) is 6.30. The van der Waals surface area contributed by atoms with E-state index in [9.17, 15) is 4.79 Å². The molecule has 0 fully saturated rings. The van der Waals surface area contributed by atoms with E-state index in [1.807, 2.05) is 56.3 Å². The second-order valence-electron chi connectivity index (χ2n) is 5.04. The molecule has 0 saturated carbocycles. The molecular weight excluding hydrogens is 376 g/mol. The molecule has 0 heterocycles. The predicted molar refractivity (Wildman–Crippen MR) is 99.9 cm³/mol. The minimum Gasteiger partial charge on any atom is -0.483 e. The number of ether oxygens (including phenoxy) is 1. The van der Waals surface area contributed by atoms with E-state index in [-0.39, 0.29) is 17.6 Å². The van der Waals surface area contributed by atoms with Crippen LogP contribution in [0, 0.1) is 13.8 Å². The van der Waals surface area contributed by atoms with Crippen LogP contribution in [0.2, 0.25) is 0 Å². The zero-order valence-corrected chi connectivity index (χ0v) is 15.3. The van der Waals surface area contributed by atoms with Crippen LogP contribution in [0.15, 0.2) is 46.9 Å². The molecule has 0 saturated heterocycles. The summed E-state index contributed by atoms with van der Waals surface area (Å²) in [7, 11) is 0. The van der Waals surface area contributed by atoms with Gasteiger partial charge in [0.05, 0.1) is 5.69 Å². The van der Waals surface area contributed by atoms with Crippen molar-refractivity contribution in [2.75, 3.05) is 11.9 Å². The summed E-state index contributed by atoms with van der Waals surface area (Å²) >= 11 is 8.54. The minimum absolute atomic E-state index is 0.0952. The monoisotopic (exact) mass is 392 g/mol. The van der Waals surface area contributed by atoms with E-state index in [1.54, 1.807) is 0 Å². The van der Waals surface area contributed by atoms with Crippen molar-refractivity contribution in [2.24, 2.45) is 0 Å². The second kappa shape index (κ2) is 8.08. The van der Waals surface area contributed by atoms with Crippen molar-refractivity contribution < 1.29 is 9.53 Å². The SMILES string of the molecule is Cc1ccc(C)c(OCC(=O)NC(=S)Nc2ccccc2Br)c1. The summed E-state index contributed by atoms with van der Waals surface area (Å²) < 4.78 is 6.41. The molecule has 2 aromatic carbocycles. The fourth-order valence-corrected chi connectivity index (χ4v) is 2.49. The summed E-state index contributed by atoms with van der Waals surface area (Å²) in [5, 5.41) is 5.78. The average molecular weight is 393 g/mol. The maximum atomic E-state index is 11.9. The van der Waals surface area contributed by atoms with Gasteiger partial charge in [-0.25, -0.2) is 0 Å². The smallest absolute Gasteiger partial charge is 0.264 e. The first kappa shape index (κ1) is 17.4. The van der Waals surface area contributed by atoms with E-state index in [1.165, 1.54) is 0 Å². The summed E-state index contributed by atoms with van der Waals surface area (Å²) in [5.74, 6) is 0.389. The molecule has 0 unspecified atom stereocenters.